The van der Waals surface area contributed by atoms with E-state index in [2.05, 4.69) is 41.2 Å². The second kappa shape index (κ2) is 8.23. The summed E-state index contributed by atoms with van der Waals surface area (Å²) < 4.78 is 13.4. The number of benzene rings is 3. The zero-order valence-corrected chi connectivity index (χ0v) is 18.0. The Morgan fingerprint density at radius 3 is 2.26 bits per heavy atom. The largest absolute Gasteiger partial charge is 0.372 e. The van der Waals surface area contributed by atoms with Crippen molar-refractivity contribution in [2.24, 2.45) is 0 Å². The number of rotatable bonds is 3. The molecule has 1 aliphatic carbocycles. The summed E-state index contributed by atoms with van der Waals surface area (Å²) in [6.07, 6.45) is 3.19. The van der Waals surface area contributed by atoms with Crippen molar-refractivity contribution < 1.29 is 9.18 Å². The van der Waals surface area contributed by atoms with Crippen LogP contribution >= 0.6 is 11.8 Å². The Kier molecular flexibility index (Phi) is 5.28. The van der Waals surface area contributed by atoms with Gasteiger partial charge in [0, 0.05) is 22.6 Å². The molecule has 5 rings (SSSR count). The molecule has 0 saturated carbocycles. The Hall–Kier alpha value is -3.05. The van der Waals surface area contributed by atoms with Crippen LogP contribution in [0.15, 0.2) is 89.0 Å². The van der Waals surface area contributed by atoms with Crippen molar-refractivity contribution in [1.82, 2.24) is 0 Å². The molecule has 0 amide bonds. The van der Waals surface area contributed by atoms with E-state index >= 15 is 0 Å². The van der Waals surface area contributed by atoms with Crippen molar-refractivity contribution in [1.29, 1.82) is 0 Å². The maximum atomic E-state index is 13.5. The molecule has 5 heteroatoms. The van der Waals surface area contributed by atoms with Crippen molar-refractivity contribution in [2.45, 2.75) is 29.7 Å². The van der Waals surface area contributed by atoms with Crippen molar-refractivity contribution in [2.75, 3.05) is 16.9 Å². The van der Waals surface area contributed by atoms with Crippen LogP contribution in [0.4, 0.5) is 15.8 Å². The minimum atomic E-state index is -0.259. The smallest absolute Gasteiger partial charge is 0.163 e. The van der Waals surface area contributed by atoms with Crippen molar-refractivity contribution in [3.63, 3.8) is 0 Å². The molecule has 1 heterocycles. The minimum Gasteiger partial charge on any atom is -0.372 e. The lowest BCUT2D eigenvalue weighted by Crippen LogP contribution is -2.26. The summed E-state index contributed by atoms with van der Waals surface area (Å²) in [4.78, 5) is 14.7. The number of hydrogen-bond acceptors (Lipinski definition) is 4. The number of thioether (sulfide) groups is 1. The highest BCUT2D eigenvalue weighted by atomic mass is 32.2. The fourth-order valence-electron chi connectivity index (χ4n) is 4.51. The van der Waals surface area contributed by atoms with E-state index in [4.69, 9.17) is 0 Å². The number of Topliss-reactive ketones (excluding diaryl/α,β-unsaturated/α-hetero) is 1. The maximum absolute atomic E-state index is 13.5. The van der Waals surface area contributed by atoms with Gasteiger partial charge in [-0.3, -0.25) is 4.79 Å². The van der Waals surface area contributed by atoms with Crippen molar-refractivity contribution in [3.8, 4) is 0 Å². The molecule has 3 nitrogen and oxygen atoms in total. The van der Waals surface area contributed by atoms with Gasteiger partial charge in [0.1, 0.15) is 5.82 Å². The number of ketones is 1. The van der Waals surface area contributed by atoms with Gasteiger partial charge in [-0.25, -0.2) is 4.39 Å². The summed E-state index contributed by atoms with van der Waals surface area (Å²) in [5, 5.41) is 7.15. The Labute approximate surface area is 185 Å². The average molecular weight is 431 g/mol. The van der Waals surface area contributed by atoms with E-state index in [0.29, 0.717) is 12.8 Å². The summed E-state index contributed by atoms with van der Waals surface area (Å²) >= 11 is 1.70. The van der Waals surface area contributed by atoms with E-state index in [1.807, 2.05) is 24.3 Å². The molecule has 3 aromatic carbocycles. The summed E-state index contributed by atoms with van der Waals surface area (Å²) in [6, 6.07) is 22.7. The average Bonchev–Trinajstić information content (AvgIpc) is 2.96. The van der Waals surface area contributed by atoms with Gasteiger partial charge in [-0.1, -0.05) is 36.4 Å². The molecule has 3 aromatic rings. The second-order valence-corrected chi connectivity index (χ2v) is 8.87. The molecule has 0 bridgehead atoms. The lowest BCUT2D eigenvalue weighted by molar-refractivity contribution is -0.116. The van der Waals surface area contributed by atoms with Crippen LogP contribution in [0.25, 0.3) is 0 Å². The number of fused-ring (bicyclic) bond motifs is 1. The summed E-state index contributed by atoms with van der Waals surface area (Å²) in [5.74, 6) is -0.100. The van der Waals surface area contributed by atoms with Gasteiger partial charge in [0.05, 0.1) is 17.4 Å². The normalized spacial score (nSPS) is 20.3. The third kappa shape index (κ3) is 3.86. The summed E-state index contributed by atoms with van der Waals surface area (Å²) in [7, 11) is 0. The van der Waals surface area contributed by atoms with E-state index in [1.165, 1.54) is 17.0 Å². The molecule has 0 aromatic heterocycles. The fraction of sp³-hybridized carbons (Fsp3) is 0.192. The Bertz CT molecular complexity index is 1150. The molecule has 2 atom stereocenters. The number of nitrogens with one attached hydrogen (secondary N) is 2. The first-order chi connectivity index (χ1) is 15.1. The highest BCUT2D eigenvalue weighted by Crippen LogP contribution is 2.44. The van der Waals surface area contributed by atoms with Crippen LogP contribution in [0.1, 0.15) is 35.9 Å². The number of carbonyl (C=O) groups is 1. The first kappa shape index (κ1) is 19.9. The lowest BCUT2D eigenvalue weighted by atomic mass is 9.78. The number of hydrogen-bond donors (Lipinski definition) is 2. The third-order valence-electron chi connectivity index (χ3n) is 6.10. The zero-order valence-electron chi connectivity index (χ0n) is 17.2. The molecule has 0 fully saturated rings. The Balaban J connectivity index is 1.58. The van der Waals surface area contributed by atoms with E-state index in [9.17, 15) is 9.18 Å². The van der Waals surface area contributed by atoms with Gasteiger partial charge < -0.3 is 10.6 Å². The van der Waals surface area contributed by atoms with Crippen LogP contribution < -0.4 is 10.6 Å². The van der Waals surface area contributed by atoms with Gasteiger partial charge in [0.25, 0.3) is 0 Å². The van der Waals surface area contributed by atoms with E-state index in [-0.39, 0.29) is 23.6 Å². The summed E-state index contributed by atoms with van der Waals surface area (Å²) in [5.41, 5.74) is 5.74. The predicted molar refractivity (Wildman–Crippen MR) is 125 cm³/mol. The van der Waals surface area contributed by atoms with Crippen LogP contribution in [0, 0.1) is 5.82 Å². The van der Waals surface area contributed by atoms with Gasteiger partial charge in [0.15, 0.2) is 5.78 Å². The van der Waals surface area contributed by atoms with E-state index in [1.54, 1.807) is 23.9 Å². The number of allylic oxidation sites excluding steroid dienone is 1. The van der Waals surface area contributed by atoms with Crippen LogP contribution in [-0.4, -0.2) is 12.0 Å². The molecule has 0 spiro atoms. The van der Waals surface area contributed by atoms with Crippen LogP contribution in [-0.2, 0) is 4.79 Å². The van der Waals surface area contributed by atoms with Gasteiger partial charge in [-0.05, 0) is 66.1 Å². The molecule has 2 aliphatic rings. The van der Waals surface area contributed by atoms with Gasteiger partial charge in [0.2, 0.25) is 0 Å². The first-order valence-electron chi connectivity index (χ1n) is 10.4. The standard InChI is InChI=1S/C26H23FN2OS/c1-31-20-12-8-17(9-13-20)26-25-23(28-21-4-2-3-5-22(21)29-26)14-18(15-24(25)30)16-6-10-19(27)11-7-16/h2-13,18,26,28-29H,14-15H2,1H3. The zero-order chi connectivity index (χ0) is 21.4. The van der Waals surface area contributed by atoms with Crippen molar-refractivity contribution in [3.05, 3.63) is 101 Å². The predicted octanol–water partition coefficient (Wildman–Crippen LogP) is 6.53. The minimum absolute atomic E-state index is 0.0316. The molecule has 0 radical (unpaired) electrons. The molecular weight excluding hydrogens is 407 g/mol. The van der Waals surface area contributed by atoms with Gasteiger partial charge >= 0.3 is 0 Å². The number of halogens is 1. The molecule has 1 aliphatic heterocycles. The Morgan fingerprint density at radius 1 is 0.871 bits per heavy atom. The highest BCUT2D eigenvalue weighted by Gasteiger charge is 2.36. The Morgan fingerprint density at radius 2 is 1.55 bits per heavy atom. The molecular formula is C26H23FN2OS. The number of anilines is 2. The third-order valence-corrected chi connectivity index (χ3v) is 6.84. The van der Waals surface area contributed by atoms with Gasteiger partial charge in [-0.2, -0.15) is 0 Å². The van der Waals surface area contributed by atoms with E-state index in [0.717, 1.165) is 33.8 Å². The number of para-hydroxylation sites is 2. The number of carbonyl (C=O) groups excluding carboxylic acids is 1. The fourth-order valence-corrected chi connectivity index (χ4v) is 4.92. The van der Waals surface area contributed by atoms with Crippen LogP contribution in [0.5, 0.6) is 0 Å². The first-order valence-corrected chi connectivity index (χ1v) is 11.6. The SMILES string of the molecule is CSc1ccc(C2Nc3ccccc3NC3=C2C(=O)CC(c2ccc(F)cc2)C3)cc1. The highest BCUT2D eigenvalue weighted by molar-refractivity contribution is 7.98. The molecule has 2 unspecified atom stereocenters. The second-order valence-electron chi connectivity index (χ2n) is 7.99. The molecule has 0 saturated heterocycles. The molecule has 31 heavy (non-hydrogen) atoms. The molecule has 2 N–H and O–H groups in total. The quantitative estimate of drug-likeness (QED) is 0.464. The van der Waals surface area contributed by atoms with E-state index < -0.39 is 0 Å². The molecule has 156 valence electrons. The van der Waals surface area contributed by atoms with Gasteiger partial charge in [-0.15, -0.1) is 11.8 Å². The maximum Gasteiger partial charge on any atom is 0.163 e. The van der Waals surface area contributed by atoms with Crippen LogP contribution in [0.2, 0.25) is 0 Å². The summed E-state index contributed by atoms with van der Waals surface area (Å²) in [6.45, 7) is 0. The lowest BCUT2D eigenvalue weighted by Gasteiger charge is -2.30. The van der Waals surface area contributed by atoms with Crippen LogP contribution in [0.3, 0.4) is 0 Å². The topological polar surface area (TPSA) is 41.1 Å². The van der Waals surface area contributed by atoms with Crippen molar-refractivity contribution >= 4 is 28.9 Å². The monoisotopic (exact) mass is 430 g/mol.